The van der Waals surface area contributed by atoms with Crippen LogP contribution in [0.5, 0.6) is 0 Å². The Morgan fingerprint density at radius 1 is 1.50 bits per heavy atom. The molecule has 0 amide bonds. The van der Waals surface area contributed by atoms with Gasteiger partial charge in [0, 0.05) is 18.1 Å². The number of hydrogen-bond acceptors (Lipinski definition) is 4. The Kier molecular flexibility index (Phi) is 2.57. The number of aromatic nitrogens is 1. The van der Waals surface area contributed by atoms with Gasteiger partial charge in [0.2, 0.25) is 0 Å². The summed E-state index contributed by atoms with van der Waals surface area (Å²) in [4.78, 5) is 14.2. The van der Waals surface area contributed by atoms with E-state index in [1.165, 1.54) is 6.07 Å². The van der Waals surface area contributed by atoms with Crippen LogP contribution in [0, 0.1) is 6.92 Å². The lowest BCUT2D eigenvalue weighted by Gasteiger charge is -2.03. The second-order valence-electron chi connectivity index (χ2n) is 2.90. The molecule has 14 heavy (non-hydrogen) atoms. The fraction of sp³-hybridized carbons (Fsp3) is 0.250. The van der Waals surface area contributed by atoms with Crippen molar-refractivity contribution in [2.45, 2.75) is 11.8 Å². The number of sulfone groups is 1. The van der Waals surface area contributed by atoms with Gasteiger partial charge in [-0.1, -0.05) is 0 Å². The minimum Gasteiger partial charge on any atom is -0.478 e. The molecule has 1 aromatic heterocycles. The van der Waals surface area contributed by atoms with Crippen LogP contribution in [0.4, 0.5) is 0 Å². The van der Waals surface area contributed by atoms with Crippen molar-refractivity contribution in [2.75, 3.05) is 6.26 Å². The van der Waals surface area contributed by atoms with E-state index in [1.807, 2.05) is 0 Å². The SMILES string of the molecule is Cc1cc(S(C)(=O)=O)c(C(=O)O)cn1. The van der Waals surface area contributed by atoms with Gasteiger partial charge in [-0.3, -0.25) is 4.98 Å². The van der Waals surface area contributed by atoms with Gasteiger partial charge in [-0.05, 0) is 13.0 Å². The number of carboxylic acid groups (broad SMARTS) is 1. The highest BCUT2D eigenvalue weighted by Gasteiger charge is 2.18. The van der Waals surface area contributed by atoms with Crippen molar-refractivity contribution in [1.82, 2.24) is 4.98 Å². The molecule has 0 bridgehead atoms. The zero-order valence-electron chi connectivity index (χ0n) is 7.68. The molecule has 0 saturated carbocycles. The highest BCUT2D eigenvalue weighted by atomic mass is 32.2. The van der Waals surface area contributed by atoms with Crippen molar-refractivity contribution in [2.24, 2.45) is 0 Å². The van der Waals surface area contributed by atoms with E-state index < -0.39 is 15.8 Å². The molecule has 0 aromatic carbocycles. The molecule has 1 N–H and O–H groups in total. The molecule has 0 unspecified atom stereocenters. The lowest BCUT2D eigenvalue weighted by atomic mass is 10.2. The molecule has 0 aliphatic rings. The van der Waals surface area contributed by atoms with E-state index in [9.17, 15) is 13.2 Å². The first-order chi connectivity index (χ1) is 6.32. The van der Waals surface area contributed by atoms with Gasteiger partial charge in [0.1, 0.15) is 0 Å². The largest absolute Gasteiger partial charge is 0.478 e. The molecule has 1 aromatic rings. The maximum absolute atomic E-state index is 11.2. The number of hydrogen-bond donors (Lipinski definition) is 1. The monoisotopic (exact) mass is 215 g/mol. The number of carboxylic acids is 1. The van der Waals surface area contributed by atoms with Gasteiger partial charge >= 0.3 is 5.97 Å². The van der Waals surface area contributed by atoms with Crippen LogP contribution in [0.3, 0.4) is 0 Å². The van der Waals surface area contributed by atoms with Gasteiger partial charge < -0.3 is 5.11 Å². The third-order valence-electron chi connectivity index (χ3n) is 1.63. The molecule has 1 rings (SSSR count). The number of carbonyl (C=O) groups is 1. The lowest BCUT2D eigenvalue weighted by molar-refractivity contribution is 0.0692. The topological polar surface area (TPSA) is 84.3 Å². The summed E-state index contributed by atoms with van der Waals surface area (Å²) in [5, 5.41) is 8.72. The van der Waals surface area contributed by atoms with Crippen molar-refractivity contribution in [3.8, 4) is 0 Å². The average molecular weight is 215 g/mol. The first-order valence-corrected chi connectivity index (χ1v) is 5.61. The van der Waals surface area contributed by atoms with E-state index in [2.05, 4.69) is 4.98 Å². The van der Waals surface area contributed by atoms with Gasteiger partial charge in [0.15, 0.2) is 9.84 Å². The Labute approximate surface area is 81.3 Å². The summed E-state index contributed by atoms with van der Waals surface area (Å²) >= 11 is 0. The van der Waals surface area contributed by atoms with E-state index in [-0.39, 0.29) is 10.5 Å². The highest BCUT2D eigenvalue weighted by molar-refractivity contribution is 7.90. The molecule has 1 heterocycles. The summed E-state index contributed by atoms with van der Waals surface area (Å²) in [6.07, 6.45) is 2.02. The number of aryl methyl sites for hydroxylation is 1. The van der Waals surface area contributed by atoms with Crippen LogP contribution in [0.1, 0.15) is 16.1 Å². The van der Waals surface area contributed by atoms with Crippen molar-refractivity contribution >= 4 is 15.8 Å². The Balaban J connectivity index is 3.54. The van der Waals surface area contributed by atoms with E-state index >= 15 is 0 Å². The van der Waals surface area contributed by atoms with Gasteiger partial charge in [-0.25, -0.2) is 13.2 Å². The number of pyridine rings is 1. The molecule has 6 heteroatoms. The summed E-state index contributed by atoms with van der Waals surface area (Å²) in [5.74, 6) is -1.29. The van der Waals surface area contributed by atoms with E-state index in [1.54, 1.807) is 6.92 Å². The molecule has 0 aliphatic heterocycles. The van der Waals surface area contributed by atoms with Crippen LogP contribution < -0.4 is 0 Å². The molecule has 0 atom stereocenters. The smallest absolute Gasteiger partial charge is 0.338 e. The predicted octanol–water partition coefficient (Wildman–Crippen LogP) is 0.492. The van der Waals surface area contributed by atoms with Crippen LogP contribution in [0.2, 0.25) is 0 Å². The van der Waals surface area contributed by atoms with Crippen LogP contribution in [-0.4, -0.2) is 30.7 Å². The summed E-state index contributed by atoms with van der Waals surface area (Å²) in [7, 11) is -3.52. The number of aromatic carboxylic acids is 1. The molecule has 76 valence electrons. The van der Waals surface area contributed by atoms with Crippen LogP contribution in [0.25, 0.3) is 0 Å². The Morgan fingerprint density at radius 3 is 2.50 bits per heavy atom. The van der Waals surface area contributed by atoms with E-state index in [0.29, 0.717) is 5.69 Å². The normalized spacial score (nSPS) is 11.3. The minimum absolute atomic E-state index is 0.197. The quantitative estimate of drug-likeness (QED) is 0.776. The van der Waals surface area contributed by atoms with Gasteiger partial charge in [-0.15, -0.1) is 0 Å². The van der Waals surface area contributed by atoms with Crippen molar-refractivity contribution < 1.29 is 18.3 Å². The molecule has 0 saturated heterocycles. The van der Waals surface area contributed by atoms with E-state index in [0.717, 1.165) is 12.5 Å². The Hall–Kier alpha value is -1.43. The Morgan fingerprint density at radius 2 is 2.07 bits per heavy atom. The second-order valence-corrected chi connectivity index (χ2v) is 4.88. The average Bonchev–Trinajstić information content (AvgIpc) is 2.01. The summed E-state index contributed by atoms with van der Waals surface area (Å²) < 4.78 is 22.4. The Bertz CT molecular complexity index is 478. The van der Waals surface area contributed by atoms with Crippen LogP contribution >= 0.6 is 0 Å². The lowest BCUT2D eigenvalue weighted by Crippen LogP contribution is -2.08. The minimum atomic E-state index is -3.52. The van der Waals surface area contributed by atoms with Crippen molar-refractivity contribution in [3.63, 3.8) is 0 Å². The zero-order chi connectivity index (χ0) is 10.9. The maximum Gasteiger partial charge on any atom is 0.338 e. The van der Waals surface area contributed by atoms with E-state index in [4.69, 9.17) is 5.11 Å². The standard InChI is InChI=1S/C8H9NO4S/c1-5-3-7(14(2,12)13)6(4-9-5)8(10)11/h3-4H,1-2H3,(H,10,11). The number of rotatable bonds is 2. The third kappa shape index (κ3) is 2.08. The molecule has 0 radical (unpaired) electrons. The molecule has 0 spiro atoms. The van der Waals surface area contributed by atoms with Gasteiger partial charge in [0.25, 0.3) is 0 Å². The zero-order valence-corrected chi connectivity index (χ0v) is 8.50. The highest BCUT2D eigenvalue weighted by Crippen LogP contribution is 2.15. The molecule has 0 fully saturated rings. The summed E-state index contributed by atoms with van der Waals surface area (Å²) in [6.45, 7) is 1.60. The molecule has 5 nitrogen and oxygen atoms in total. The third-order valence-corrected chi connectivity index (χ3v) is 2.77. The molecular formula is C8H9NO4S. The molecule has 0 aliphatic carbocycles. The maximum atomic E-state index is 11.2. The van der Waals surface area contributed by atoms with Crippen LogP contribution in [-0.2, 0) is 9.84 Å². The van der Waals surface area contributed by atoms with Gasteiger partial charge in [-0.2, -0.15) is 0 Å². The van der Waals surface area contributed by atoms with Crippen molar-refractivity contribution in [1.29, 1.82) is 0 Å². The van der Waals surface area contributed by atoms with Crippen LogP contribution in [0.15, 0.2) is 17.2 Å². The summed E-state index contributed by atoms with van der Waals surface area (Å²) in [6, 6.07) is 1.25. The number of nitrogens with zero attached hydrogens (tertiary/aromatic N) is 1. The fourth-order valence-corrected chi connectivity index (χ4v) is 1.93. The first-order valence-electron chi connectivity index (χ1n) is 3.72. The first kappa shape index (κ1) is 10.6. The summed E-state index contributed by atoms with van der Waals surface area (Å²) in [5.41, 5.74) is 0.175. The predicted molar refractivity (Wildman–Crippen MR) is 49.0 cm³/mol. The van der Waals surface area contributed by atoms with Gasteiger partial charge in [0.05, 0.1) is 10.5 Å². The van der Waals surface area contributed by atoms with Crippen molar-refractivity contribution in [3.05, 3.63) is 23.5 Å². The molecular weight excluding hydrogens is 206 g/mol. The second kappa shape index (κ2) is 3.38. The fourth-order valence-electron chi connectivity index (χ4n) is 1.00.